The number of benzene rings is 2. The van der Waals surface area contributed by atoms with Gasteiger partial charge in [0.1, 0.15) is 11.4 Å². The Morgan fingerprint density at radius 2 is 1.64 bits per heavy atom. The molecule has 1 aliphatic carbocycles. The van der Waals surface area contributed by atoms with Crippen molar-refractivity contribution in [3.05, 3.63) is 59.9 Å². The van der Waals surface area contributed by atoms with E-state index in [9.17, 15) is 27.2 Å². The number of carbonyl (C=O) groups excluding carboxylic acids is 3. The molecule has 2 fully saturated rings. The van der Waals surface area contributed by atoms with Crippen LogP contribution in [0.25, 0.3) is 0 Å². The molecule has 1 saturated heterocycles. The van der Waals surface area contributed by atoms with Gasteiger partial charge in [0.2, 0.25) is 5.91 Å². The summed E-state index contributed by atoms with van der Waals surface area (Å²) >= 11 is 0. The second-order valence-electron chi connectivity index (χ2n) is 8.18. The summed E-state index contributed by atoms with van der Waals surface area (Å²) in [5.41, 5.74) is 2.26. The molecular weight excluding hydrogens is 451 g/mol. The number of hydrogen-bond acceptors (Lipinski definition) is 5. The number of urea groups is 1. The van der Waals surface area contributed by atoms with Gasteiger partial charge in [-0.2, -0.15) is 5.01 Å². The molecule has 0 radical (unpaired) electrons. The van der Waals surface area contributed by atoms with Crippen LogP contribution in [0.2, 0.25) is 0 Å². The quantitative estimate of drug-likeness (QED) is 0.555. The van der Waals surface area contributed by atoms with Crippen molar-refractivity contribution in [2.45, 2.75) is 49.0 Å². The number of nitrogens with zero attached hydrogens (tertiary/aromatic N) is 1. The maximum Gasteiger partial charge on any atom is 0.344 e. The van der Waals surface area contributed by atoms with Crippen LogP contribution in [0.5, 0.6) is 0 Å². The van der Waals surface area contributed by atoms with Crippen LogP contribution in [-0.4, -0.2) is 36.8 Å². The first kappa shape index (κ1) is 22.7. The molecular formula is C22H23FN4O5S. The maximum atomic E-state index is 13.0. The highest BCUT2D eigenvalue weighted by molar-refractivity contribution is 7.92. The number of halogens is 1. The van der Waals surface area contributed by atoms with Crippen LogP contribution in [0.1, 0.15) is 37.7 Å². The zero-order valence-corrected chi connectivity index (χ0v) is 18.5. The van der Waals surface area contributed by atoms with E-state index < -0.39 is 39.2 Å². The van der Waals surface area contributed by atoms with E-state index in [0.717, 1.165) is 48.5 Å². The Bertz CT molecular complexity index is 1180. The lowest BCUT2D eigenvalue weighted by molar-refractivity contribution is -0.139. The lowest BCUT2D eigenvalue weighted by Crippen LogP contribution is -2.51. The van der Waals surface area contributed by atoms with Crippen molar-refractivity contribution in [2.75, 3.05) is 4.72 Å². The number of amides is 4. The van der Waals surface area contributed by atoms with Crippen molar-refractivity contribution in [3.8, 4) is 0 Å². The van der Waals surface area contributed by atoms with E-state index in [2.05, 4.69) is 15.5 Å². The van der Waals surface area contributed by atoms with Crippen molar-refractivity contribution in [1.82, 2.24) is 15.8 Å². The maximum absolute atomic E-state index is 13.0. The third-order valence-corrected chi connectivity index (χ3v) is 7.20. The monoisotopic (exact) mass is 474 g/mol. The van der Waals surface area contributed by atoms with E-state index in [0.29, 0.717) is 18.4 Å². The Hall–Kier alpha value is -3.47. The molecule has 11 heteroatoms. The number of rotatable bonds is 6. The SMILES string of the molecule is O=C(Cc1ccc(NS(=O)(=O)c2ccc(F)cc2)cc1)NN1C(=O)NC2(CCCCC2)C1=O. The van der Waals surface area contributed by atoms with Gasteiger partial charge in [0.15, 0.2) is 0 Å². The Morgan fingerprint density at radius 3 is 2.27 bits per heavy atom. The number of anilines is 1. The fourth-order valence-electron chi connectivity index (χ4n) is 4.08. The third kappa shape index (κ3) is 4.82. The van der Waals surface area contributed by atoms with Gasteiger partial charge in [-0.25, -0.2) is 17.6 Å². The van der Waals surface area contributed by atoms with Gasteiger partial charge in [0, 0.05) is 5.69 Å². The summed E-state index contributed by atoms with van der Waals surface area (Å²) in [5.74, 6) is -1.53. The first-order valence-corrected chi connectivity index (χ1v) is 12.0. The molecule has 2 aromatic carbocycles. The largest absolute Gasteiger partial charge is 0.344 e. The molecule has 174 valence electrons. The molecule has 0 aromatic heterocycles. The van der Waals surface area contributed by atoms with Gasteiger partial charge in [0.25, 0.3) is 15.9 Å². The fourth-order valence-corrected chi connectivity index (χ4v) is 5.14. The molecule has 1 heterocycles. The normalized spacial score (nSPS) is 17.7. The standard InChI is InChI=1S/C22H23FN4O5S/c23-16-6-10-18(11-7-16)33(31,32)26-17-8-4-15(5-9-17)14-19(28)25-27-20(29)22(24-21(27)30)12-2-1-3-13-22/h4-11,26H,1-3,12-14H2,(H,24,30)(H,25,28). The minimum absolute atomic E-state index is 0.0864. The molecule has 1 aliphatic heterocycles. The van der Waals surface area contributed by atoms with Crippen molar-refractivity contribution < 1.29 is 27.2 Å². The Morgan fingerprint density at radius 1 is 1.00 bits per heavy atom. The van der Waals surface area contributed by atoms with E-state index in [1.54, 1.807) is 12.1 Å². The zero-order chi connectivity index (χ0) is 23.6. The highest BCUT2D eigenvalue weighted by Gasteiger charge is 2.52. The third-order valence-electron chi connectivity index (χ3n) is 5.80. The van der Waals surface area contributed by atoms with Gasteiger partial charge in [-0.05, 0) is 54.8 Å². The van der Waals surface area contributed by atoms with Crippen LogP contribution in [0.15, 0.2) is 53.4 Å². The average molecular weight is 475 g/mol. The van der Waals surface area contributed by atoms with Crippen molar-refractivity contribution in [2.24, 2.45) is 0 Å². The number of hydrazine groups is 1. The van der Waals surface area contributed by atoms with Crippen LogP contribution < -0.4 is 15.5 Å². The minimum atomic E-state index is -3.89. The topological polar surface area (TPSA) is 125 Å². The Labute approximate surface area is 190 Å². The number of imide groups is 1. The molecule has 1 spiro atoms. The molecule has 9 nitrogen and oxygen atoms in total. The summed E-state index contributed by atoms with van der Waals surface area (Å²) in [6.45, 7) is 0. The highest BCUT2D eigenvalue weighted by atomic mass is 32.2. The molecule has 2 aromatic rings. The van der Waals surface area contributed by atoms with Crippen molar-refractivity contribution >= 4 is 33.6 Å². The van der Waals surface area contributed by atoms with E-state index in [4.69, 9.17) is 0 Å². The molecule has 4 amide bonds. The summed E-state index contributed by atoms with van der Waals surface area (Å²) in [6.07, 6.45) is 3.68. The summed E-state index contributed by atoms with van der Waals surface area (Å²) in [4.78, 5) is 37.3. The van der Waals surface area contributed by atoms with Crippen LogP contribution in [0.3, 0.4) is 0 Å². The van der Waals surface area contributed by atoms with Gasteiger partial charge in [-0.1, -0.05) is 31.4 Å². The predicted octanol–water partition coefficient (Wildman–Crippen LogP) is 2.45. The second-order valence-corrected chi connectivity index (χ2v) is 9.86. The highest BCUT2D eigenvalue weighted by Crippen LogP contribution is 2.33. The predicted molar refractivity (Wildman–Crippen MR) is 117 cm³/mol. The number of nitrogens with one attached hydrogen (secondary N) is 3. The van der Waals surface area contributed by atoms with Gasteiger partial charge < -0.3 is 5.32 Å². The van der Waals surface area contributed by atoms with Crippen LogP contribution in [0.4, 0.5) is 14.9 Å². The van der Waals surface area contributed by atoms with Crippen LogP contribution in [0, 0.1) is 5.82 Å². The molecule has 2 aliphatic rings. The molecule has 0 atom stereocenters. The smallest absolute Gasteiger partial charge is 0.322 e. The van der Waals surface area contributed by atoms with Crippen LogP contribution >= 0.6 is 0 Å². The number of hydrogen-bond donors (Lipinski definition) is 3. The van der Waals surface area contributed by atoms with E-state index >= 15 is 0 Å². The molecule has 33 heavy (non-hydrogen) atoms. The van der Waals surface area contributed by atoms with E-state index in [1.807, 2.05) is 0 Å². The van der Waals surface area contributed by atoms with E-state index in [1.165, 1.54) is 12.1 Å². The Kier molecular flexibility index (Phi) is 6.07. The molecule has 0 unspecified atom stereocenters. The lowest BCUT2D eigenvalue weighted by atomic mass is 9.82. The lowest BCUT2D eigenvalue weighted by Gasteiger charge is -2.30. The molecule has 0 bridgehead atoms. The summed E-state index contributed by atoms with van der Waals surface area (Å²) in [7, 11) is -3.89. The summed E-state index contributed by atoms with van der Waals surface area (Å²) < 4.78 is 40.2. The van der Waals surface area contributed by atoms with Crippen molar-refractivity contribution in [3.63, 3.8) is 0 Å². The van der Waals surface area contributed by atoms with Gasteiger partial charge in [0.05, 0.1) is 11.3 Å². The first-order valence-electron chi connectivity index (χ1n) is 10.5. The van der Waals surface area contributed by atoms with E-state index in [-0.39, 0.29) is 17.0 Å². The molecule has 4 rings (SSSR count). The summed E-state index contributed by atoms with van der Waals surface area (Å²) in [5, 5.41) is 3.47. The van der Waals surface area contributed by atoms with Gasteiger partial charge >= 0.3 is 6.03 Å². The first-order chi connectivity index (χ1) is 15.7. The number of carbonyl (C=O) groups is 3. The minimum Gasteiger partial charge on any atom is -0.322 e. The number of sulfonamides is 1. The Balaban J connectivity index is 1.36. The van der Waals surface area contributed by atoms with Gasteiger partial charge in [-0.15, -0.1) is 0 Å². The zero-order valence-electron chi connectivity index (χ0n) is 17.6. The second kappa shape index (κ2) is 8.81. The van der Waals surface area contributed by atoms with Gasteiger partial charge in [-0.3, -0.25) is 19.7 Å². The van der Waals surface area contributed by atoms with Crippen molar-refractivity contribution in [1.29, 1.82) is 0 Å². The van der Waals surface area contributed by atoms with Crippen LogP contribution in [-0.2, 0) is 26.0 Å². The molecule has 3 N–H and O–H groups in total. The summed E-state index contributed by atoms with van der Waals surface area (Å²) in [6, 6.07) is 9.85. The average Bonchev–Trinajstić information content (AvgIpc) is 2.99. The fraction of sp³-hybridized carbons (Fsp3) is 0.318. The molecule has 1 saturated carbocycles.